The summed E-state index contributed by atoms with van der Waals surface area (Å²) in [5, 5.41) is 4.89. The molecular formula is C27H31F3N6. The predicted molar refractivity (Wildman–Crippen MR) is 130 cm³/mol. The van der Waals surface area contributed by atoms with E-state index in [0.717, 1.165) is 74.5 Å². The highest BCUT2D eigenvalue weighted by Crippen LogP contribution is 2.44. The van der Waals surface area contributed by atoms with Crippen molar-refractivity contribution in [2.45, 2.75) is 64.1 Å². The second-order valence-electron chi connectivity index (χ2n) is 10.7. The van der Waals surface area contributed by atoms with Crippen molar-refractivity contribution in [3.8, 4) is 0 Å². The van der Waals surface area contributed by atoms with Crippen molar-refractivity contribution >= 4 is 5.82 Å². The van der Waals surface area contributed by atoms with Crippen molar-refractivity contribution in [3.63, 3.8) is 0 Å². The standard InChI is InChI=1S/C27H31F3N6/c1-17-11-25(32-16-31-17)35-14-19-8-9-20(15-35)23(19)13-24-33-26-22(7-2-3-10-36(26)34-24)18-5-4-6-21(12-18)27(28,29)30/h4-6,11-12,16,19-20,22-23H,2-3,7-10,13-15H2,1H3/t19-,20+,22?,23?. The lowest BCUT2D eigenvalue weighted by Gasteiger charge is -2.38. The number of piperidine rings is 1. The van der Waals surface area contributed by atoms with Crippen molar-refractivity contribution in [1.29, 1.82) is 0 Å². The number of fused-ring (bicyclic) bond motifs is 3. The monoisotopic (exact) mass is 496 g/mol. The first-order valence-electron chi connectivity index (χ1n) is 13.0. The van der Waals surface area contributed by atoms with Gasteiger partial charge in [-0.1, -0.05) is 24.6 Å². The van der Waals surface area contributed by atoms with Gasteiger partial charge in [0.2, 0.25) is 0 Å². The van der Waals surface area contributed by atoms with Crippen LogP contribution in [0.1, 0.15) is 66.5 Å². The molecule has 36 heavy (non-hydrogen) atoms. The second-order valence-corrected chi connectivity index (χ2v) is 10.7. The Morgan fingerprint density at radius 2 is 1.81 bits per heavy atom. The zero-order valence-corrected chi connectivity index (χ0v) is 20.5. The van der Waals surface area contributed by atoms with Crippen LogP contribution in [0, 0.1) is 24.7 Å². The topological polar surface area (TPSA) is 59.7 Å². The first-order valence-corrected chi connectivity index (χ1v) is 13.0. The number of hydrogen-bond acceptors (Lipinski definition) is 5. The molecule has 0 spiro atoms. The highest BCUT2D eigenvalue weighted by atomic mass is 19.4. The van der Waals surface area contributed by atoms with E-state index in [0.29, 0.717) is 23.3 Å². The number of alkyl halides is 3. The van der Waals surface area contributed by atoms with Gasteiger partial charge in [-0.2, -0.15) is 18.3 Å². The number of anilines is 1. The zero-order chi connectivity index (χ0) is 24.9. The Balaban J connectivity index is 1.22. The molecule has 1 aromatic carbocycles. The van der Waals surface area contributed by atoms with Crippen LogP contribution in [-0.4, -0.2) is 37.8 Å². The zero-order valence-electron chi connectivity index (χ0n) is 20.5. The molecule has 1 saturated heterocycles. The van der Waals surface area contributed by atoms with E-state index in [1.165, 1.54) is 25.0 Å². The van der Waals surface area contributed by atoms with Gasteiger partial charge in [-0.3, -0.25) is 0 Å². The van der Waals surface area contributed by atoms with Gasteiger partial charge in [0.1, 0.15) is 18.0 Å². The summed E-state index contributed by atoms with van der Waals surface area (Å²) in [6.45, 7) is 4.74. The highest BCUT2D eigenvalue weighted by molar-refractivity contribution is 5.40. The molecule has 0 N–H and O–H groups in total. The maximum Gasteiger partial charge on any atom is 0.416 e. The quantitative estimate of drug-likeness (QED) is 0.483. The molecule has 6 nitrogen and oxygen atoms in total. The van der Waals surface area contributed by atoms with Crippen LogP contribution in [0.15, 0.2) is 36.7 Å². The van der Waals surface area contributed by atoms with Crippen molar-refractivity contribution in [3.05, 3.63) is 65.1 Å². The Kier molecular flexibility index (Phi) is 5.96. The van der Waals surface area contributed by atoms with Crippen LogP contribution in [0.2, 0.25) is 0 Å². The summed E-state index contributed by atoms with van der Waals surface area (Å²) in [7, 11) is 0. The number of halogens is 3. The van der Waals surface area contributed by atoms with Crippen molar-refractivity contribution in [2.24, 2.45) is 17.8 Å². The van der Waals surface area contributed by atoms with Crippen LogP contribution in [0.3, 0.4) is 0 Å². The molecule has 2 aliphatic heterocycles. The minimum Gasteiger partial charge on any atom is -0.356 e. The molecule has 2 fully saturated rings. The summed E-state index contributed by atoms with van der Waals surface area (Å²) < 4.78 is 42.1. The first-order chi connectivity index (χ1) is 17.3. The molecular weight excluding hydrogens is 465 g/mol. The molecule has 3 aliphatic rings. The molecule has 190 valence electrons. The lowest BCUT2D eigenvalue weighted by molar-refractivity contribution is -0.137. The van der Waals surface area contributed by atoms with Gasteiger partial charge in [0.15, 0.2) is 5.82 Å². The van der Waals surface area contributed by atoms with Crippen LogP contribution >= 0.6 is 0 Å². The smallest absolute Gasteiger partial charge is 0.356 e. The highest BCUT2D eigenvalue weighted by Gasteiger charge is 2.43. The molecule has 1 aliphatic carbocycles. The van der Waals surface area contributed by atoms with Gasteiger partial charge < -0.3 is 4.90 Å². The van der Waals surface area contributed by atoms with E-state index in [9.17, 15) is 13.2 Å². The predicted octanol–water partition coefficient (Wildman–Crippen LogP) is 5.42. The van der Waals surface area contributed by atoms with Gasteiger partial charge in [0, 0.05) is 43.7 Å². The molecule has 9 heteroatoms. The fraction of sp³-hybridized carbons (Fsp3) is 0.556. The molecule has 0 amide bonds. The van der Waals surface area contributed by atoms with E-state index in [1.807, 2.05) is 11.6 Å². The summed E-state index contributed by atoms with van der Waals surface area (Å²) >= 11 is 0. The third-order valence-electron chi connectivity index (χ3n) is 8.35. The van der Waals surface area contributed by atoms with E-state index >= 15 is 0 Å². The van der Waals surface area contributed by atoms with Gasteiger partial charge in [-0.05, 0) is 62.0 Å². The van der Waals surface area contributed by atoms with Gasteiger partial charge in [-0.25, -0.2) is 19.6 Å². The van der Waals surface area contributed by atoms with E-state index in [-0.39, 0.29) is 5.92 Å². The summed E-state index contributed by atoms with van der Waals surface area (Å²) in [5.41, 5.74) is 1.06. The fourth-order valence-electron chi connectivity index (χ4n) is 6.58. The SMILES string of the molecule is Cc1cc(N2C[C@H]3CC[C@@H](C2)C3Cc2nc3n(n2)CCCCC3c2cccc(C(F)(F)F)c2)ncn1. The van der Waals surface area contributed by atoms with Gasteiger partial charge in [0.25, 0.3) is 0 Å². The van der Waals surface area contributed by atoms with Gasteiger partial charge in [-0.15, -0.1) is 0 Å². The van der Waals surface area contributed by atoms with Crippen LogP contribution in [0.5, 0.6) is 0 Å². The molecule has 4 heterocycles. The Morgan fingerprint density at radius 3 is 2.56 bits per heavy atom. The summed E-state index contributed by atoms with van der Waals surface area (Å²) in [4.78, 5) is 16.1. The Hall–Kier alpha value is -2.97. The number of nitrogens with zero attached hydrogens (tertiary/aromatic N) is 6. The molecule has 2 unspecified atom stereocenters. The molecule has 2 aromatic heterocycles. The number of aryl methyl sites for hydroxylation is 2. The normalized spacial score (nSPS) is 26.1. The molecule has 6 rings (SSSR count). The lowest BCUT2D eigenvalue weighted by Crippen LogP contribution is -2.43. The van der Waals surface area contributed by atoms with Crippen molar-refractivity contribution in [2.75, 3.05) is 18.0 Å². The van der Waals surface area contributed by atoms with Gasteiger partial charge in [0.05, 0.1) is 5.56 Å². The van der Waals surface area contributed by atoms with Crippen molar-refractivity contribution in [1.82, 2.24) is 24.7 Å². The van der Waals surface area contributed by atoms with E-state index in [1.54, 1.807) is 12.4 Å². The maximum absolute atomic E-state index is 13.4. The summed E-state index contributed by atoms with van der Waals surface area (Å²) in [6, 6.07) is 7.80. The minimum absolute atomic E-state index is 0.157. The Morgan fingerprint density at radius 1 is 1.00 bits per heavy atom. The largest absolute Gasteiger partial charge is 0.416 e. The average Bonchev–Trinajstić information content (AvgIpc) is 3.25. The van der Waals surface area contributed by atoms with Crippen LogP contribution in [0.25, 0.3) is 0 Å². The fourth-order valence-corrected chi connectivity index (χ4v) is 6.58. The number of hydrogen-bond donors (Lipinski definition) is 0. The average molecular weight is 497 g/mol. The third kappa shape index (κ3) is 4.48. The lowest BCUT2D eigenvalue weighted by atomic mass is 9.82. The third-order valence-corrected chi connectivity index (χ3v) is 8.35. The van der Waals surface area contributed by atoms with Crippen LogP contribution in [0.4, 0.5) is 19.0 Å². The van der Waals surface area contributed by atoms with E-state index < -0.39 is 11.7 Å². The van der Waals surface area contributed by atoms with Crippen LogP contribution in [-0.2, 0) is 19.1 Å². The number of aromatic nitrogens is 5. The van der Waals surface area contributed by atoms with Crippen LogP contribution < -0.4 is 4.90 Å². The minimum atomic E-state index is -4.35. The Bertz CT molecular complexity index is 1220. The molecule has 0 radical (unpaired) electrons. The summed E-state index contributed by atoms with van der Waals surface area (Å²) in [5.74, 6) is 4.19. The summed E-state index contributed by atoms with van der Waals surface area (Å²) in [6.07, 6.45) is 3.24. The van der Waals surface area contributed by atoms with E-state index in [4.69, 9.17) is 10.1 Å². The van der Waals surface area contributed by atoms with Gasteiger partial charge >= 0.3 is 6.18 Å². The second kappa shape index (κ2) is 9.16. The maximum atomic E-state index is 13.4. The molecule has 3 aromatic rings. The van der Waals surface area contributed by atoms with Crippen molar-refractivity contribution < 1.29 is 13.2 Å². The molecule has 4 atom stereocenters. The molecule has 2 bridgehead atoms. The molecule has 1 saturated carbocycles. The Labute approximate surface area is 209 Å². The number of benzene rings is 1. The first kappa shape index (κ1) is 23.4. The number of rotatable bonds is 4. The van der Waals surface area contributed by atoms with E-state index in [2.05, 4.69) is 20.9 Å².